The lowest BCUT2D eigenvalue weighted by molar-refractivity contribution is 0.746. The van der Waals surface area contributed by atoms with Crippen molar-refractivity contribution in [1.82, 2.24) is 9.97 Å². The highest BCUT2D eigenvalue weighted by Crippen LogP contribution is 2.15. The summed E-state index contributed by atoms with van der Waals surface area (Å²) in [5, 5.41) is 0.830. The van der Waals surface area contributed by atoms with Crippen LogP contribution in [0.5, 0.6) is 0 Å². The van der Waals surface area contributed by atoms with E-state index in [1.54, 1.807) is 18.0 Å². The quantitative estimate of drug-likeness (QED) is 0.589. The molecule has 0 fully saturated rings. The van der Waals surface area contributed by atoms with Crippen LogP contribution in [0.15, 0.2) is 17.4 Å². The summed E-state index contributed by atoms with van der Waals surface area (Å²) in [5.74, 6) is 1.71. The highest BCUT2D eigenvalue weighted by Gasteiger charge is 2.00. The lowest BCUT2D eigenvalue weighted by atomic mass is 10.3. The molecule has 0 atom stereocenters. The molecule has 0 aliphatic carbocycles. The second kappa shape index (κ2) is 5.19. The molecule has 0 amide bonds. The van der Waals surface area contributed by atoms with Gasteiger partial charge in [0.1, 0.15) is 0 Å². The lowest BCUT2D eigenvalue weighted by Gasteiger charge is -2.03. The van der Waals surface area contributed by atoms with E-state index in [1.807, 2.05) is 6.07 Å². The van der Waals surface area contributed by atoms with Crippen molar-refractivity contribution in [2.24, 2.45) is 11.7 Å². The van der Waals surface area contributed by atoms with Crippen LogP contribution in [0.1, 0.15) is 19.5 Å². The predicted molar refractivity (Wildman–Crippen MR) is 55.5 cm³/mol. The van der Waals surface area contributed by atoms with Crippen molar-refractivity contribution < 1.29 is 0 Å². The Morgan fingerprint density at radius 3 is 2.92 bits per heavy atom. The first-order valence-corrected chi connectivity index (χ1v) is 5.35. The normalized spacial score (nSPS) is 10.8. The molecule has 0 saturated carbocycles. The van der Waals surface area contributed by atoms with Crippen LogP contribution in [0.3, 0.4) is 0 Å². The molecule has 1 heterocycles. The third-order valence-corrected chi connectivity index (χ3v) is 2.73. The number of thioether (sulfide) groups is 1. The van der Waals surface area contributed by atoms with Crippen LogP contribution in [0.4, 0.5) is 0 Å². The minimum atomic E-state index is 0.484. The summed E-state index contributed by atoms with van der Waals surface area (Å²) in [6, 6.07) is 1.85. The first kappa shape index (κ1) is 10.5. The van der Waals surface area contributed by atoms with E-state index in [1.165, 1.54) is 0 Å². The molecule has 72 valence electrons. The van der Waals surface area contributed by atoms with Gasteiger partial charge in [-0.15, -0.1) is 0 Å². The van der Waals surface area contributed by atoms with Gasteiger partial charge in [0.15, 0.2) is 5.16 Å². The van der Waals surface area contributed by atoms with Gasteiger partial charge in [0.05, 0.1) is 5.69 Å². The lowest BCUT2D eigenvalue weighted by Crippen LogP contribution is -2.01. The van der Waals surface area contributed by atoms with Gasteiger partial charge in [-0.3, -0.25) is 0 Å². The summed E-state index contributed by atoms with van der Waals surface area (Å²) < 4.78 is 0. The molecule has 13 heavy (non-hydrogen) atoms. The first-order chi connectivity index (χ1) is 6.22. The molecule has 2 N–H and O–H groups in total. The Balaban J connectivity index is 2.56. The number of nitrogens with zero attached hydrogens (tertiary/aromatic N) is 2. The van der Waals surface area contributed by atoms with Crippen molar-refractivity contribution >= 4 is 11.8 Å². The molecule has 0 unspecified atom stereocenters. The van der Waals surface area contributed by atoms with Gasteiger partial charge in [-0.2, -0.15) is 0 Å². The third-order valence-electron chi connectivity index (χ3n) is 1.45. The smallest absolute Gasteiger partial charge is 0.187 e. The summed E-state index contributed by atoms with van der Waals surface area (Å²) in [6.45, 7) is 4.84. The van der Waals surface area contributed by atoms with E-state index < -0.39 is 0 Å². The molecule has 0 spiro atoms. The standard InChI is InChI=1S/C9H15N3S/c1-7(2)6-13-9-11-4-3-8(5-10)12-9/h3-4,7H,5-6,10H2,1-2H3. The Labute approximate surface area is 83.2 Å². The average molecular weight is 197 g/mol. The Kier molecular flexibility index (Phi) is 4.18. The minimum absolute atomic E-state index is 0.484. The highest BCUT2D eigenvalue weighted by molar-refractivity contribution is 7.99. The first-order valence-electron chi connectivity index (χ1n) is 4.37. The van der Waals surface area contributed by atoms with Crippen LogP contribution >= 0.6 is 11.8 Å². The maximum absolute atomic E-state index is 5.48. The van der Waals surface area contributed by atoms with Crippen LogP contribution in [-0.4, -0.2) is 15.7 Å². The molecule has 0 saturated heterocycles. The van der Waals surface area contributed by atoms with Crippen LogP contribution < -0.4 is 5.73 Å². The van der Waals surface area contributed by atoms with Crippen molar-refractivity contribution in [3.05, 3.63) is 18.0 Å². The maximum atomic E-state index is 5.48. The molecule has 1 aromatic heterocycles. The van der Waals surface area contributed by atoms with Crippen LogP contribution in [0.2, 0.25) is 0 Å². The molecular weight excluding hydrogens is 182 g/mol. The summed E-state index contributed by atoms with van der Waals surface area (Å²) >= 11 is 1.68. The molecule has 0 bridgehead atoms. The zero-order chi connectivity index (χ0) is 9.68. The fraction of sp³-hybridized carbons (Fsp3) is 0.556. The number of nitrogens with two attached hydrogens (primary N) is 1. The SMILES string of the molecule is CC(C)CSc1nccc(CN)n1. The number of hydrogen-bond acceptors (Lipinski definition) is 4. The van der Waals surface area contributed by atoms with Crippen LogP contribution in [0.25, 0.3) is 0 Å². The number of aromatic nitrogens is 2. The topological polar surface area (TPSA) is 51.8 Å². The average Bonchev–Trinajstić information content (AvgIpc) is 2.15. The molecule has 0 aliphatic heterocycles. The number of rotatable bonds is 4. The van der Waals surface area contributed by atoms with Gasteiger partial charge in [-0.05, 0) is 12.0 Å². The fourth-order valence-corrected chi connectivity index (χ4v) is 1.60. The van der Waals surface area contributed by atoms with Gasteiger partial charge in [-0.25, -0.2) is 9.97 Å². The van der Waals surface area contributed by atoms with Crippen molar-refractivity contribution in [3.63, 3.8) is 0 Å². The predicted octanol–water partition coefficient (Wildman–Crippen LogP) is 1.68. The number of hydrogen-bond donors (Lipinski definition) is 1. The summed E-state index contributed by atoms with van der Waals surface area (Å²) in [6.07, 6.45) is 1.76. The van der Waals surface area contributed by atoms with E-state index in [-0.39, 0.29) is 0 Å². The van der Waals surface area contributed by atoms with Crippen molar-refractivity contribution in [3.8, 4) is 0 Å². The summed E-state index contributed by atoms with van der Waals surface area (Å²) in [4.78, 5) is 8.45. The molecule has 1 aromatic rings. The van der Waals surface area contributed by atoms with Crippen LogP contribution in [0, 0.1) is 5.92 Å². The van der Waals surface area contributed by atoms with E-state index in [4.69, 9.17) is 5.73 Å². The van der Waals surface area contributed by atoms with Gasteiger partial charge < -0.3 is 5.73 Å². The van der Waals surface area contributed by atoms with Gasteiger partial charge in [-0.1, -0.05) is 25.6 Å². The molecule has 0 aliphatic rings. The summed E-state index contributed by atoms with van der Waals surface area (Å²) in [5.41, 5.74) is 6.38. The van der Waals surface area contributed by atoms with Gasteiger partial charge in [0.2, 0.25) is 0 Å². The van der Waals surface area contributed by atoms with Crippen molar-refractivity contribution in [2.75, 3.05) is 5.75 Å². The largest absolute Gasteiger partial charge is 0.325 e. The van der Waals surface area contributed by atoms with Crippen molar-refractivity contribution in [2.45, 2.75) is 25.5 Å². The summed E-state index contributed by atoms with van der Waals surface area (Å²) in [7, 11) is 0. The Morgan fingerprint density at radius 2 is 2.31 bits per heavy atom. The van der Waals surface area contributed by atoms with Gasteiger partial charge in [0, 0.05) is 18.5 Å². The fourth-order valence-electron chi connectivity index (χ4n) is 0.800. The molecule has 1 rings (SSSR count). The van der Waals surface area contributed by atoms with Crippen LogP contribution in [-0.2, 0) is 6.54 Å². The Hall–Kier alpha value is -0.610. The van der Waals surface area contributed by atoms with E-state index in [9.17, 15) is 0 Å². The second-order valence-corrected chi connectivity index (χ2v) is 4.23. The van der Waals surface area contributed by atoms with Gasteiger partial charge in [0.25, 0.3) is 0 Å². The van der Waals surface area contributed by atoms with Gasteiger partial charge >= 0.3 is 0 Å². The van der Waals surface area contributed by atoms with E-state index in [0.29, 0.717) is 12.5 Å². The zero-order valence-electron chi connectivity index (χ0n) is 8.03. The van der Waals surface area contributed by atoms with Crippen molar-refractivity contribution in [1.29, 1.82) is 0 Å². The Bertz CT molecular complexity index is 263. The zero-order valence-corrected chi connectivity index (χ0v) is 8.84. The minimum Gasteiger partial charge on any atom is -0.325 e. The van der Waals surface area contributed by atoms with E-state index in [0.717, 1.165) is 16.6 Å². The molecule has 0 aromatic carbocycles. The highest BCUT2D eigenvalue weighted by atomic mass is 32.2. The molecule has 4 heteroatoms. The van der Waals surface area contributed by atoms with E-state index in [2.05, 4.69) is 23.8 Å². The Morgan fingerprint density at radius 1 is 1.54 bits per heavy atom. The molecule has 3 nitrogen and oxygen atoms in total. The van der Waals surface area contributed by atoms with E-state index >= 15 is 0 Å². The molecular formula is C9H15N3S. The third kappa shape index (κ3) is 3.74. The monoisotopic (exact) mass is 197 g/mol. The maximum Gasteiger partial charge on any atom is 0.187 e. The second-order valence-electron chi connectivity index (χ2n) is 3.24. The molecule has 0 radical (unpaired) electrons.